The summed E-state index contributed by atoms with van der Waals surface area (Å²) in [6.07, 6.45) is 2.71. The number of Topliss-reactive ketones (excluding diaryl/α,β-unsaturated/α-hetero) is 1. The van der Waals surface area contributed by atoms with Gasteiger partial charge in [-0.05, 0) is 80.3 Å². The zero-order valence-corrected chi connectivity index (χ0v) is 20.4. The molecule has 1 aliphatic heterocycles. The Morgan fingerprint density at radius 1 is 0.882 bits per heavy atom. The zero-order chi connectivity index (χ0) is 24.3. The number of imide groups is 1. The average Bonchev–Trinajstić information content (AvgIpc) is 3.49. The summed E-state index contributed by atoms with van der Waals surface area (Å²) >= 11 is 12.1. The van der Waals surface area contributed by atoms with Crippen molar-refractivity contribution in [2.24, 2.45) is 23.7 Å². The number of ketones is 1. The summed E-state index contributed by atoms with van der Waals surface area (Å²) in [4.78, 5) is 53.8. The number of hydrogen-bond donors (Lipinski definition) is 0. The van der Waals surface area contributed by atoms with E-state index in [-0.39, 0.29) is 45.0 Å². The smallest absolute Gasteiger partial charge is 0.273 e. The maximum atomic E-state index is 13.6. The highest BCUT2D eigenvalue weighted by molar-refractivity contribution is 6.42. The van der Waals surface area contributed by atoms with Gasteiger partial charge in [0.15, 0.2) is 5.78 Å². The van der Waals surface area contributed by atoms with Crippen LogP contribution in [0.1, 0.15) is 51.1 Å². The minimum absolute atomic E-state index is 0.142. The summed E-state index contributed by atoms with van der Waals surface area (Å²) in [7, 11) is 0. The summed E-state index contributed by atoms with van der Waals surface area (Å²) in [5.41, 5.74) is 2.53. The Balaban J connectivity index is 1.51. The fraction of sp³-hybridized carbons (Fsp3) is 0.385. The van der Waals surface area contributed by atoms with Crippen LogP contribution in [0, 0.1) is 37.5 Å². The molecule has 2 aromatic rings. The number of halogens is 2. The molecule has 0 spiro atoms. The van der Waals surface area contributed by atoms with E-state index in [2.05, 4.69) is 0 Å². The molecule has 0 aromatic heterocycles. The lowest BCUT2D eigenvalue weighted by atomic mass is 9.81. The maximum absolute atomic E-state index is 13.6. The molecule has 8 heteroatoms. The van der Waals surface area contributed by atoms with Crippen molar-refractivity contribution in [3.63, 3.8) is 0 Å². The number of carbonyl (C=O) groups excluding carboxylic acids is 4. The summed E-state index contributed by atoms with van der Waals surface area (Å²) < 4.78 is 0. The first-order valence-corrected chi connectivity index (χ1v) is 12.2. The first-order chi connectivity index (χ1) is 16.2. The molecule has 176 valence electrons. The second-order valence-electron chi connectivity index (χ2n) is 9.59. The molecule has 6 nitrogen and oxygen atoms in total. The van der Waals surface area contributed by atoms with E-state index in [0.717, 1.165) is 40.4 Å². The first kappa shape index (κ1) is 23.1. The molecule has 3 aliphatic rings. The van der Waals surface area contributed by atoms with E-state index < -0.39 is 24.3 Å². The van der Waals surface area contributed by atoms with Gasteiger partial charge < -0.3 is 0 Å². The van der Waals surface area contributed by atoms with E-state index in [1.165, 1.54) is 18.2 Å². The Bertz CT molecular complexity index is 1220. The minimum Gasteiger partial charge on any atom is -0.292 e. The topological polar surface area (TPSA) is 74.8 Å². The lowest BCUT2D eigenvalue weighted by molar-refractivity contribution is -0.154. The molecule has 0 radical (unpaired) electrons. The van der Waals surface area contributed by atoms with Crippen LogP contribution in [0.5, 0.6) is 0 Å². The van der Waals surface area contributed by atoms with Crippen molar-refractivity contribution in [1.82, 2.24) is 10.0 Å². The van der Waals surface area contributed by atoms with Crippen LogP contribution in [0.3, 0.4) is 0 Å². The molecule has 34 heavy (non-hydrogen) atoms. The molecular formula is C26H24Cl2N2O4. The average molecular weight is 499 g/mol. The Morgan fingerprint density at radius 3 is 2.09 bits per heavy atom. The molecule has 0 unspecified atom stereocenters. The minimum atomic E-state index is -0.648. The Kier molecular flexibility index (Phi) is 5.77. The fourth-order valence-corrected chi connectivity index (χ4v) is 6.08. The lowest BCUT2D eigenvalue weighted by Gasteiger charge is -2.31. The summed E-state index contributed by atoms with van der Waals surface area (Å²) in [6.45, 7) is 3.40. The molecule has 3 amide bonds. The van der Waals surface area contributed by atoms with Crippen molar-refractivity contribution in [1.29, 1.82) is 0 Å². The molecule has 4 atom stereocenters. The third-order valence-electron chi connectivity index (χ3n) is 7.67. The molecule has 1 heterocycles. The summed E-state index contributed by atoms with van der Waals surface area (Å²) in [6, 6.07) is 9.61. The van der Waals surface area contributed by atoms with Crippen molar-refractivity contribution in [3.05, 3.63) is 68.7 Å². The van der Waals surface area contributed by atoms with Crippen LogP contribution >= 0.6 is 23.2 Å². The monoisotopic (exact) mass is 498 g/mol. The maximum Gasteiger partial charge on any atom is 0.273 e. The van der Waals surface area contributed by atoms with Crippen molar-refractivity contribution >= 4 is 46.7 Å². The van der Waals surface area contributed by atoms with Gasteiger partial charge in [0.1, 0.15) is 6.54 Å². The summed E-state index contributed by atoms with van der Waals surface area (Å²) in [5, 5.41) is 2.38. The van der Waals surface area contributed by atoms with Crippen LogP contribution < -0.4 is 0 Å². The van der Waals surface area contributed by atoms with Crippen molar-refractivity contribution in [2.45, 2.75) is 33.1 Å². The van der Waals surface area contributed by atoms with Gasteiger partial charge in [0.2, 0.25) is 0 Å². The van der Waals surface area contributed by atoms with Crippen molar-refractivity contribution in [3.8, 4) is 0 Å². The van der Waals surface area contributed by atoms with Gasteiger partial charge in [-0.2, -0.15) is 5.01 Å². The second-order valence-corrected chi connectivity index (χ2v) is 10.4. The second kappa shape index (κ2) is 8.51. The van der Waals surface area contributed by atoms with Gasteiger partial charge in [0.25, 0.3) is 17.7 Å². The van der Waals surface area contributed by atoms with Crippen molar-refractivity contribution < 1.29 is 19.2 Å². The van der Waals surface area contributed by atoms with Crippen LogP contribution in [0.25, 0.3) is 0 Å². The molecule has 2 aromatic carbocycles. The third kappa shape index (κ3) is 3.64. The van der Waals surface area contributed by atoms with Crippen LogP contribution in [0.2, 0.25) is 10.0 Å². The highest BCUT2D eigenvalue weighted by atomic mass is 35.5. The molecular weight excluding hydrogens is 475 g/mol. The number of amides is 3. The predicted molar refractivity (Wildman–Crippen MR) is 127 cm³/mol. The van der Waals surface area contributed by atoms with E-state index >= 15 is 0 Å². The fourth-order valence-electron chi connectivity index (χ4n) is 5.78. The molecule has 0 N–H and O–H groups in total. The van der Waals surface area contributed by atoms with Gasteiger partial charge in [0, 0.05) is 11.1 Å². The zero-order valence-electron chi connectivity index (χ0n) is 18.9. The number of benzene rings is 2. The molecule has 2 saturated carbocycles. The van der Waals surface area contributed by atoms with Crippen molar-refractivity contribution in [2.75, 3.05) is 6.54 Å². The van der Waals surface area contributed by atoms with Gasteiger partial charge in [-0.3, -0.25) is 19.2 Å². The summed E-state index contributed by atoms with van der Waals surface area (Å²) in [5.74, 6) is -2.28. The number of hydrogen-bond acceptors (Lipinski definition) is 4. The van der Waals surface area contributed by atoms with E-state index in [1.807, 2.05) is 19.9 Å². The van der Waals surface area contributed by atoms with E-state index in [4.69, 9.17) is 23.2 Å². The molecule has 1 saturated heterocycles. The van der Waals surface area contributed by atoms with Gasteiger partial charge in [-0.25, -0.2) is 5.01 Å². The van der Waals surface area contributed by atoms with E-state index in [9.17, 15) is 19.2 Å². The largest absolute Gasteiger partial charge is 0.292 e. The van der Waals surface area contributed by atoms with Crippen LogP contribution in [0.4, 0.5) is 0 Å². The quantitative estimate of drug-likeness (QED) is 0.434. The number of nitrogens with zero attached hydrogens (tertiary/aromatic N) is 2. The normalized spacial score (nSPS) is 25.1. The van der Waals surface area contributed by atoms with E-state index in [1.54, 1.807) is 12.1 Å². The molecule has 3 fully saturated rings. The number of fused-ring (bicyclic) bond motifs is 5. The molecule has 2 bridgehead atoms. The third-order valence-corrected chi connectivity index (χ3v) is 8.41. The van der Waals surface area contributed by atoms with Crippen LogP contribution in [0.15, 0.2) is 36.4 Å². The predicted octanol–water partition coefficient (Wildman–Crippen LogP) is 4.88. The SMILES string of the molecule is Cc1ccc(C(=O)CN(C(=O)c2ccc(Cl)c(Cl)c2)N2C(=O)[C@@H]3[C@H]4CC[C@@H](C4)[C@H]3C2=O)cc1C. The number of rotatable bonds is 5. The van der Waals surface area contributed by atoms with Gasteiger partial charge in [-0.15, -0.1) is 0 Å². The standard InChI is InChI=1S/C26H24Cl2N2O4/c1-13-3-4-15(9-14(13)2)21(31)12-29(24(32)18-7-8-19(27)20(28)11-18)30-25(33)22-16-5-6-17(10-16)23(22)26(30)34/h3-4,7-9,11,16-17,22-23H,5-6,10,12H2,1-2H3/t16-,17-,22+,23+/m0/s1. The van der Waals surface area contributed by atoms with Gasteiger partial charge >= 0.3 is 0 Å². The van der Waals surface area contributed by atoms with Crippen LogP contribution in [-0.4, -0.2) is 40.1 Å². The number of carbonyl (C=O) groups is 4. The Morgan fingerprint density at radius 2 is 1.50 bits per heavy atom. The van der Waals surface area contributed by atoms with E-state index in [0.29, 0.717) is 5.56 Å². The molecule has 5 rings (SSSR count). The Labute approximate surface area is 207 Å². The highest BCUT2D eigenvalue weighted by Gasteiger charge is 2.62. The molecule has 2 aliphatic carbocycles. The highest BCUT2D eigenvalue weighted by Crippen LogP contribution is 2.56. The first-order valence-electron chi connectivity index (χ1n) is 11.4. The van der Waals surface area contributed by atoms with Crippen LogP contribution in [-0.2, 0) is 9.59 Å². The number of aryl methyl sites for hydroxylation is 2. The lowest BCUT2D eigenvalue weighted by Crippen LogP contribution is -2.52. The number of hydrazine groups is 1. The Hall–Kier alpha value is -2.70. The van der Waals surface area contributed by atoms with Gasteiger partial charge in [0.05, 0.1) is 21.9 Å². The van der Waals surface area contributed by atoms with Gasteiger partial charge in [-0.1, -0.05) is 35.3 Å².